The first-order valence-electron chi connectivity index (χ1n) is 8.91. The fourth-order valence-corrected chi connectivity index (χ4v) is 4.72. The fraction of sp³-hybridized carbons (Fsp3) is 0.350. The molecule has 2 heterocycles. The third-order valence-corrected chi connectivity index (χ3v) is 6.35. The second kappa shape index (κ2) is 6.81. The van der Waals surface area contributed by atoms with E-state index < -0.39 is 0 Å². The molecule has 0 radical (unpaired) electrons. The van der Waals surface area contributed by atoms with Gasteiger partial charge in [0.25, 0.3) is 11.5 Å². The van der Waals surface area contributed by atoms with Gasteiger partial charge in [-0.2, -0.15) is 0 Å². The summed E-state index contributed by atoms with van der Waals surface area (Å²) in [6.07, 6.45) is 4.81. The molecule has 2 aromatic heterocycles. The Kier molecular flexibility index (Phi) is 4.47. The Bertz CT molecular complexity index is 1110. The molecular weight excluding hydrogens is 362 g/mol. The molecule has 4 rings (SSSR count). The lowest BCUT2D eigenvalue weighted by Crippen LogP contribution is -2.23. The standard InChI is InChI=1S/C20H21N3O3S/c1-11-16-19(22-10-23(2)20(16)25)27-17(11)18(24)21-9-14-7-12-5-4-6-13(12)8-15(14)26-3/h7-8,10H,4-6,9H2,1-3H3,(H,21,24). The molecule has 1 amide bonds. The Hall–Kier alpha value is -2.67. The number of fused-ring (bicyclic) bond motifs is 2. The van der Waals surface area contributed by atoms with Crippen molar-refractivity contribution in [2.75, 3.05) is 7.11 Å². The monoisotopic (exact) mass is 383 g/mol. The molecule has 6 nitrogen and oxygen atoms in total. The predicted octanol–water partition coefficient (Wildman–Crippen LogP) is 2.73. The first-order valence-corrected chi connectivity index (χ1v) is 9.73. The summed E-state index contributed by atoms with van der Waals surface area (Å²) >= 11 is 1.25. The van der Waals surface area contributed by atoms with Gasteiger partial charge in [0.1, 0.15) is 10.6 Å². The Labute approximate surface area is 160 Å². The molecule has 0 atom stereocenters. The van der Waals surface area contributed by atoms with E-state index in [1.165, 1.54) is 33.4 Å². The van der Waals surface area contributed by atoms with Crippen LogP contribution in [0.4, 0.5) is 0 Å². The number of aromatic nitrogens is 2. The first-order chi connectivity index (χ1) is 13.0. The maximum atomic E-state index is 12.8. The smallest absolute Gasteiger partial charge is 0.262 e. The molecule has 0 bridgehead atoms. The quantitative estimate of drug-likeness (QED) is 0.752. The van der Waals surface area contributed by atoms with E-state index in [4.69, 9.17) is 4.74 Å². The molecule has 140 valence electrons. The number of carbonyl (C=O) groups is 1. The normalized spacial score (nSPS) is 13.0. The van der Waals surface area contributed by atoms with E-state index in [0.717, 1.165) is 30.6 Å². The highest BCUT2D eigenvalue weighted by atomic mass is 32.1. The van der Waals surface area contributed by atoms with Crippen LogP contribution in [0.25, 0.3) is 10.2 Å². The Morgan fingerprint density at radius 3 is 2.81 bits per heavy atom. The molecule has 0 saturated heterocycles. The number of carbonyl (C=O) groups excluding carboxylic acids is 1. The number of rotatable bonds is 4. The second-order valence-corrected chi connectivity index (χ2v) is 7.87. The summed E-state index contributed by atoms with van der Waals surface area (Å²) in [6.45, 7) is 2.18. The van der Waals surface area contributed by atoms with Gasteiger partial charge in [0, 0.05) is 19.2 Å². The molecule has 7 heteroatoms. The van der Waals surface area contributed by atoms with Crippen LogP contribution >= 0.6 is 11.3 Å². The van der Waals surface area contributed by atoms with Gasteiger partial charge in [0.2, 0.25) is 0 Å². The lowest BCUT2D eigenvalue weighted by molar-refractivity contribution is 0.0954. The molecule has 3 aromatic rings. The average molecular weight is 383 g/mol. The molecule has 0 unspecified atom stereocenters. The lowest BCUT2D eigenvalue weighted by Gasteiger charge is -2.12. The van der Waals surface area contributed by atoms with Crippen LogP contribution in [0.1, 0.15) is 38.3 Å². The van der Waals surface area contributed by atoms with Gasteiger partial charge in [-0.05, 0) is 48.9 Å². The maximum absolute atomic E-state index is 12.8. The topological polar surface area (TPSA) is 73.2 Å². The van der Waals surface area contributed by atoms with Crippen molar-refractivity contribution in [2.45, 2.75) is 32.7 Å². The summed E-state index contributed by atoms with van der Waals surface area (Å²) in [5, 5.41) is 3.49. The van der Waals surface area contributed by atoms with Gasteiger partial charge >= 0.3 is 0 Å². The highest BCUT2D eigenvalue weighted by Crippen LogP contribution is 2.30. The first kappa shape index (κ1) is 17.7. The minimum atomic E-state index is -0.194. The third kappa shape index (κ3) is 3.02. The van der Waals surface area contributed by atoms with Crippen molar-refractivity contribution >= 4 is 27.5 Å². The number of aryl methyl sites for hydroxylation is 4. The number of methoxy groups -OCH3 is 1. The highest BCUT2D eigenvalue weighted by Gasteiger charge is 2.20. The van der Waals surface area contributed by atoms with Gasteiger partial charge in [-0.15, -0.1) is 11.3 Å². The number of thiophene rings is 1. The summed E-state index contributed by atoms with van der Waals surface area (Å²) in [4.78, 5) is 30.5. The van der Waals surface area contributed by atoms with Crippen molar-refractivity contribution in [3.8, 4) is 5.75 Å². The average Bonchev–Trinajstić information content (AvgIpc) is 3.26. The minimum absolute atomic E-state index is 0.131. The van der Waals surface area contributed by atoms with Gasteiger partial charge in [-0.1, -0.05) is 6.07 Å². The van der Waals surface area contributed by atoms with Crippen LogP contribution in [0, 0.1) is 6.92 Å². The lowest BCUT2D eigenvalue weighted by atomic mass is 10.0. The number of hydrogen-bond acceptors (Lipinski definition) is 5. The molecule has 0 saturated carbocycles. The molecule has 1 N–H and O–H groups in total. The zero-order valence-corrected chi connectivity index (χ0v) is 16.4. The van der Waals surface area contributed by atoms with Crippen molar-refractivity contribution in [1.29, 1.82) is 0 Å². The molecular formula is C20H21N3O3S. The van der Waals surface area contributed by atoms with Gasteiger partial charge < -0.3 is 14.6 Å². The van der Waals surface area contributed by atoms with Crippen molar-refractivity contribution in [3.05, 3.63) is 55.9 Å². The van der Waals surface area contributed by atoms with Crippen LogP contribution in [0.2, 0.25) is 0 Å². The van der Waals surface area contributed by atoms with E-state index in [-0.39, 0.29) is 11.5 Å². The van der Waals surface area contributed by atoms with E-state index in [0.29, 0.717) is 27.2 Å². The maximum Gasteiger partial charge on any atom is 0.262 e. The molecule has 0 fully saturated rings. The van der Waals surface area contributed by atoms with Crippen LogP contribution < -0.4 is 15.6 Å². The number of ether oxygens (including phenoxy) is 1. The summed E-state index contributed by atoms with van der Waals surface area (Å²) in [7, 11) is 3.31. The highest BCUT2D eigenvalue weighted by molar-refractivity contribution is 7.20. The Morgan fingerprint density at radius 1 is 1.33 bits per heavy atom. The van der Waals surface area contributed by atoms with E-state index in [2.05, 4.69) is 22.4 Å². The van der Waals surface area contributed by atoms with E-state index >= 15 is 0 Å². The second-order valence-electron chi connectivity index (χ2n) is 6.87. The van der Waals surface area contributed by atoms with Crippen LogP contribution in [0.3, 0.4) is 0 Å². The largest absolute Gasteiger partial charge is 0.496 e. The number of nitrogens with one attached hydrogen (secondary N) is 1. The zero-order valence-electron chi connectivity index (χ0n) is 15.6. The fourth-order valence-electron chi connectivity index (χ4n) is 3.66. The molecule has 1 aliphatic carbocycles. The summed E-state index contributed by atoms with van der Waals surface area (Å²) < 4.78 is 6.94. The van der Waals surface area contributed by atoms with E-state index in [1.54, 1.807) is 21.1 Å². The molecule has 27 heavy (non-hydrogen) atoms. The molecule has 1 aliphatic rings. The Morgan fingerprint density at radius 2 is 2.07 bits per heavy atom. The van der Waals surface area contributed by atoms with Crippen molar-refractivity contribution in [1.82, 2.24) is 14.9 Å². The molecule has 1 aromatic carbocycles. The summed E-state index contributed by atoms with van der Waals surface area (Å²) in [6, 6.07) is 4.22. The number of benzene rings is 1. The predicted molar refractivity (Wildman–Crippen MR) is 106 cm³/mol. The van der Waals surface area contributed by atoms with Crippen molar-refractivity contribution in [2.24, 2.45) is 7.05 Å². The number of amides is 1. The van der Waals surface area contributed by atoms with Crippen molar-refractivity contribution in [3.63, 3.8) is 0 Å². The van der Waals surface area contributed by atoms with Gasteiger partial charge in [0.15, 0.2) is 0 Å². The summed E-state index contributed by atoms with van der Waals surface area (Å²) in [5.41, 5.74) is 4.20. The van der Waals surface area contributed by atoms with Crippen LogP contribution in [0.15, 0.2) is 23.3 Å². The van der Waals surface area contributed by atoms with Crippen LogP contribution in [-0.2, 0) is 26.4 Å². The van der Waals surface area contributed by atoms with Gasteiger partial charge in [0.05, 0.1) is 23.7 Å². The Balaban J connectivity index is 1.61. The van der Waals surface area contributed by atoms with E-state index in [9.17, 15) is 9.59 Å². The molecule has 0 spiro atoms. The van der Waals surface area contributed by atoms with Gasteiger partial charge in [-0.3, -0.25) is 9.59 Å². The van der Waals surface area contributed by atoms with Gasteiger partial charge in [-0.25, -0.2) is 4.98 Å². The van der Waals surface area contributed by atoms with E-state index in [1.807, 2.05) is 0 Å². The molecule has 0 aliphatic heterocycles. The minimum Gasteiger partial charge on any atom is -0.496 e. The SMILES string of the molecule is COc1cc2c(cc1CNC(=O)c1sc3ncn(C)c(=O)c3c1C)CCC2. The zero-order chi connectivity index (χ0) is 19.1. The van der Waals surface area contributed by atoms with Crippen LogP contribution in [-0.4, -0.2) is 22.6 Å². The van der Waals surface area contributed by atoms with Crippen molar-refractivity contribution < 1.29 is 9.53 Å². The summed E-state index contributed by atoms with van der Waals surface area (Å²) in [5.74, 6) is 0.611. The number of nitrogens with zero attached hydrogens (tertiary/aromatic N) is 2. The number of hydrogen-bond donors (Lipinski definition) is 1. The third-order valence-electron chi connectivity index (χ3n) is 5.15. The van der Waals surface area contributed by atoms with Crippen LogP contribution in [0.5, 0.6) is 5.75 Å².